The molecule has 28 heavy (non-hydrogen) atoms. The molecule has 5 nitrogen and oxygen atoms in total. The Labute approximate surface area is 172 Å². The van der Waals surface area contributed by atoms with Gasteiger partial charge in [0.25, 0.3) is 5.91 Å². The molecule has 0 atom stereocenters. The van der Waals surface area contributed by atoms with E-state index in [2.05, 4.69) is 10.6 Å². The van der Waals surface area contributed by atoms with Gasteiger partial charge in [0, 0.05) is 12.0 Å². The van der Waals surface area contributed by atoms with E-state index in [9.17, 15) is 9.59 Å². The van der Waals surface area contributed by atoms with E-state index in [4.69, 9.17) is 5.73 Å². The Morgan fingerprint density at radius 1 is 0.857 bits per heavy atom. The number of nitrogens with two attached hydrogens (primary N) is 1. The molecule has 2 amide bonds. The van der Waals surface area contributed by atoms with E-state index in [0.29, 0.717) is 29.9 Å². The first-order valence-electron chi connectivity index (χ1n) is 9.57. The smallest absolute Gasteiger partial charge is 0.255 e. The molecule has 0 spiro atoms. The summed E-state index contributed by atoms with van der Waals surface area (Å²) < 4.78 is 0. The minimum absolute atomic E-state index is 0. The predicted octanol–water partition coefficient (Wildman–Crippen LogP) is 4.60. The van der Waals surface area contributed by atoms with E-state index in [0.717, 1.165) is 25.7 Å². The average Bonchev–Trinajstić information content (AvgIpc) is 2.70. The number of benzene rings is 2. The van der Waals surface area contributed by atoms with Crippen LogP contribution in [0.2, 0.25) is 0 Å². The van der Waals surface area contributed by atoms with E-state index in [1.54, 1.807) is 24.3 Å². The third-order valence-electron chi connectivity index (χ3n) is 5.37. The van der Waals surface area contributed by atoms with E-state index in [-0.39, 0.29) is 29.6 Å². The van der Waals surface area contributed by atoms with E-state index < -0.39 is 0 Å². The number of para-hydroxylation sites is 2. The molecule has 2 aromatic rings. The highest BCUT2D eigenvalue weighted by Gasteiger charge is 2.33. The standard InChI is InChI=1S/C22H27N3O2.ClH/c23-16-22(13-7-2-8-14-22)15-20(26)24-18-11-5-6-12-19(18)25-21(27)17-9-3-1-4-10-17;/h1,3-6,9-12H,2,7-8,13-16,23H2,(H,24,26)(H,25,27);1H. The van der Waals surface area contributed by atoms with Crippen LogP contribution in [-0.4, -0.2) is 18.4 Å². The number of rotatable bonds is 6. The monoisotopic (exact) mass is 401 g/mol. The van der Waals surface area contributed by atoms with Crippen LogP contribution in [0.4, 0.5) is 11.4 Å². The SMILES string of the molecule is Cl.NCC1(CC(=O)Nc2ccccc2NC(=O)c2ccccc2)CCCCC1. The van der Waals surface area contributed by atoms with Gasteiger partial charge in [0.1, 0.15) is 0 Å². The van der Waals surface area contributed by atoms with E-state index >= 15 is 0 Å². The maximum Gasteiger partial charge on any atom is 0.255 e. The second-order valence-electron chi connectivity index (χ2n) is 7.36. The molecule has 0 heterocycles. The van der Waals surface area contributed by atoms with Crippen LogP contribution in [0.15, 0.2) is 54.6 Å². The second-order valence-corrected chi connectivity index (χ2v) is 7.36. The van der Waals surface area contributed by atoms with Crippen LogP contribution in [0.3, 0.4) is 0 Å². The summed E-state index contributed by atoms with van der Waals surface area (Å²) in [6.07, 6.45) is 5.91. The van der Waals surface area contributed by atoms with Crippen LogP contribution in [-0.2, 0) is 4.79 Å². The first kappa shape index (κ1) is 21.9. The van der Waals surface area contributed by atoms with E-state index in [1.807, 2.05) is 30.3 Å². The molecular weight excluding hydrogens is 374 g/mol. The lowest BCUT2D eigenvalue weighted by molar-refractivity contribution is -0.118. The van der Waals surface area contributed by atoms with Crippen molar-refractivity contribution >= 4 is 35.6 Å². The van der Waals surface area contributed by atoms with Gasteiger partial charge in [-0.05, 0) is 49.1 Å². The van der Waals surface area contributed by atoms with Gasteiger partial charge in [-0.1, -0.05) is 49.6 Å². The molecule has 6 heteroatoms. The van der Waals surface area contributed by atoms with Crippen LogP contribution in [0, 0.1) is 5.41 Å². The van der Waals surface area contributed by atoms with Gasteiger partial charge in [0.15, 0.2) is 0 Å². The summed E-state index contributed by atoms with van der Waals surface area (Å²) in [4.78, 5) is 25.1. The molecule has 3 rings (SSSR count). The highest BCUT2D eigenvalue weighted by atomic mass is 35.5. The maximum absolute atomic E-state index is 12.7. The highest BCUT2D eigenvalue weighted by Crippen LogP contribution is 2.38. The Hall–Kier alpha value is -2.37. The van der Waals surface area contributed by atoms with Crippen molar-refractivity contribution in [1.82, 2.24) is 0 Å². The Morgan fingerprint density at radius 3 is 2.04 bits per heavy atom. The summed E-state index contributed by atoms with van der Waals surface area (Å²) in [5, 5.41) is 5.85. The molecule has 2 aromatic carbocycles. The normalized spacial score (nSPS) is 15.2. The number of carbonyl (C=O) groups is 2. The number of halogens is 1. The molecule has 0 unspecified atom stereocenters. The molecular formula is C22H28ClN3O2. The number of anilines is 2. The van der Waals surface area contributed by atoms with Crippen molar-refractivity contribution in [2.45, 2.75) is 38.5 Å². The summed E-state index contributed by atoms with van der Waals surface area (Å²) >= 11 is 0. The van der Waals surface area contributed by atoms with Crippen molar-refractivity contribution in [2.24, 2.45) is 11.1 Å². The van der Waals surface area contributed by atoms with Crippen molar-refractivity contribution in [3.63, 3.8) is 0 Å². The van der Waals surface area contributed by atoms with Crippen molar-refractivity contribution in [2.75, 3.05) is 17.2 Å². The maximum atomic E-state index is 12.7. The third-order valence-corrected chi connectivity index (χ3v) is 5.37. The van der Waals surface area contributed by atoms with Crippen molar-refractivity contribution < 1.29 is 9.59 Å². The van der Waals surface area contributed by atoms with Gasteiger partial charge in [-0.2, -0.15) is 0 Å². The number of nitrogens with one attached hydrogen (secondary N) is 2. The zero-order chi connectivity index (χ0) is 19.1. The topological polar surface area (TPSA) is 84.2 Å². The Balaban J connectivity index is 0.00000280. The number of hydrogen-bond acceptors (Lipinski definition) is 3. The van der Waals surface area contributed by atoms with Gasteiger partial charge in [-0.3, -0.25) is 9.59 Å². The van der Waals surface area contributed by atoms with Gasteiger partial charge < -0.3 is 16.4 Å². The van der Waals surface area contributed by atoms with Gasteiger partial charge in [-0.25, -0.2) is 0 Å². The zero-order valence-corrected chi connectivity index (χ0v) is 16.8. The van der Waals surface area contributed by atoms with Crippen LogP contribution in [0.1, 0.15) is 48.9 Å². The number of carbonyl (C=O) groups excluding carboxylic acids is 2. The Morgan fingerprint density at radius 2 is 1.43 bits per heavy atom. The molecule has 0 aromatic heterocycles. The third kappa shape index (κ3) is 5.57. The van der Waals surface area contributed by atoms with Crippen LogP contribution < -0.4 is 16.4 Å². The van der Waals surface area contributed by atoms with Crippen molar-refractivity contribution in [1.29, 1.82) is 0 Å². The lowest BCUT2D eigenvalue weighted by Gasteiger charge is -2.35. The van der Waals surface area contributed by atoms with Crippen molar-refractivity contribution in [3.8, 4) is 0 Å². The first-order chi connectivity index (χ1) is 13.1. The first-order valence-corrected chi connectivity index (χ1v) is 9.57. The largest absolute Gasteiger partial charge is 0.330 e. The van der Waals surface area contributed by atoms with Gasteiger partial charge >= 0.3 is 0 Å². The molecule has 1 fully saturated rings. The van der Waals surface area contributed by atoms with E-state index in [1.165, 1.54) is 6.42 Å². The van der Waals surface area contributed by atoms with Gasteiger partial charge in [0.2, 0.25) is 5.91 Å². The Bertz CT molecular complexity index is 789. The molecule has 4 N–H and O–H groups in total. The van der Waals surface area contributed by atoms with Gasteiger partial charge in [-0.15, -0.1) is 12.4 Å². The fourth-order valence-corrected chi connectivity index (χ4v) is 3.77. The predicted molar refractivity (Wildman–Crippen MR) is 116 cm³/mol. The van der Waals surface area contributed by atoms with Crippen molar-refractivity contribution in [3.05, 3.63) is 60.2 Å². The minimum atomic E-state index is -0.206. The van der Waals surface area contributed by atoms with Gasteiger partial charge in [0.05, 0.1) is 11.4 Å². The summed E-state index contributed by atoms with van der Waals surface area (Å²) in [6, 6.07) is 16.3. The van der Waals surface area contributed by atoms with Crippen LogP contribution in [0.5, 0.6) is 0 Å². The quantitative estimate of drug-likeness (QED) is 0.661. The fourth-order valence-electron chi connectivity index (χ4n) is 3.77. The molecule has 0 saturated heterocycles. The Kier molecular flexibility index (Phi) is 8.03. The molecule has 150 valence electrons. The molecule has 0 aliphatic heterocycles. The summed E-state index contributed by atoms with van der Waals surface area (Å²) in [5.74, 6) is -0.258. The van der Waals surface area contributed by atoms with Crippen LogP contribution in [0.25, 0.3) is 0 Å². The summed E-state index contributed by atoms with van der Waals surface area (Å²) in [5.41, 5.74) is 7.68. The summed E-state index contributed by atoms with van der Waals surface area (Å²) in [7, 11) is 0. The highest BCUT2D eigenvalue weighted by molar-refractivity contribution is 6.07. The molecule has 1 aliphatic carbocycles. The molecule has 1 aliphatic rings. The molecule has 0 bridgehead atoms. The average molecular weight is 402 g/mol. The lowest BCUT2D eigenvalue weighted by atomic mass is 9.71. The number of hydrogen-bond donors (Lipinski definition) is 3. The summed E-state index contributed by atoms with van der Waals surface area (Å²) in [6.45, 7) is 0.535. The minimum Gasteiger partial charge on any atom is -0.330 e. The lowest BCUT2D eigenvalue weighted by Crippen LogP contribution is -2.36. The van der Waals surface area contributed by atoms with Crippen LogP contribution >= 0.6 is 12.4 Å². The number of amides is 2. The molecule has 1 saturated carbocycles. The second kappa shape index (κ2) is 10.2. The zero-order valence-electron chi connectivity index (χ0n) is 15.9. The fraction of sp³-hybridized carbons (Fsp3) is 0.364. The molecule has 0 radical (unpaired) electrons.